The van der Waals surface area contributed by atoms with Gasteiger partial charge in [0.25, 0.3) is 0 Å². The van der Waals surface area contributed by atoms with Crippen LogP contribution in [0, 0.1) is 0 Å². The molecule has 1 atom stereocenters. The largest absolute Gasteiger partial charge is 0.506 e. The number of nitrogens with zero attached hydrogens (tertiary/aromatic N) is 2. The van der Waals surface area contributed by atoms with Crippen molar-refractivity contribution in [2.24, 2.45) is 4.99 Å². The van der Waals surface area contributed by atoms with E-state index in [9.17, 15) is 9.90 Å². The molecule has 1 aliphatic heterocycles. The number of carbonyl (C=O) groups excluding carboxylic acids is 1. The third-order valence-electron chi connectivity index (χ3n) is 2.38. The van der Waals surface area contributed by atoms with Crippen LogP contribution in [0.4, 0.5) is 0 Å². The van der Waals surface area contributed by atoms with Gasteiger partial charge in [0.05, 0.1) is 0 Å². The average Bonchev–Trinajstić information content (AvgIpc) is 2.38. The summed E-state index contributed by atoms with van der Waals surface area (Å²) in [5.74, 6) is 0.813. The first-order chi connectivity index (χ1) is 6.11. The van der Waals surface area contributed by atoms with Gasteiger partial charge < -0.3 is 10.0 Å². The second kappa shape index (κ2) is 2.45. The van der Waals surface area contributed by atoms with Crippen molar-refractivity contribution in [3.63, 3.8) is 0 Å². The number of hydrogen-bond acceptors (Lipinski definition) is 4. The van der Waals surface area contributed by atoms with Crippen LogP contribution in [0.1, 0.15) is 6.92 Å². The summed E-state index contributed by atoms with van der Waals surface area (Å²) in [4.78, 5) is 17.3. The third-order valence-corrected chi connectivity index (χ3v) is 2.38. The lowest BCUT2D eigenvalue weighted by Gasteiger charge is -2.21. The molecule has 68 valence electrons. The van der Waals surface area contributed by atoms with Crippen molar-refractivity contribution < 1.29 is 9.90 Å². The first-order valence-corrected chi connectivity index (χ1v) is 4.04. The van der Waals surface area contributed by atoms with Crippen molar-refractivity contribution in [3.05, 3.63) is 23.6 Å². The minimum absolute atomic E-state index is 0.0316. The van der Waals surface area contributed by atoms with Crippen molar-refractivity contribution >= 4 is 11.6 Å². The number of fused-ring (bicyclic) bond motifs is 1. The third kappa shape index (κ3) is 0.983. The maximum Gasteiger partial charge on any atom is 0.184 e. The van der Waals surface area contributed by atoms with Crippen LogP contribution in [-0.4, -0.2) is 34.7 Å². The highest BCUT2D eigenvalue weighted by atomic mass is 16.3. The topological polar surface area (TPSA) is 52.9 Å². The summed E-state index contributed by atoms with van der Waals surface area (Å²) in [6, 6.07) is -0.412. The molecule has 13 heavy (non-hydrogen) atoms. The Hall–Kier alpha value is -1.58. The lowest BCUT2D eigenvalue weighted by Crippen LogP contribution is -2.38. The zero-order valence-corrected chi connectivity index (χ0v) is 7.48. The Morgan fingerprint density at radius 2 is 2.23 bits per heavy atom. The average molecular weight is 178 g/mol. The quantitative estimate of drug-likeness (QED) is 0.591. The van der Waals surface area contributed by atoms with Crippen molar-refractivity contribution in [3.8, 4) is 0 Å². The Labute approximate surface area is 75.9 Å². The highest BCUT2D eigenvalue weighted by molar-refractivity contribution is 6.03. The van der Waals surface area contributed by atoms with Crippen LogP contribution in [0.15, 0.2) is 28.6 Å². The van der Waals surface area contributed by atoms with E-state index >= 15 is 0 Å². The number of amidine groups is 1. The van der Waals surface area contributed by atoms with E-state index in [0.29, 0.717) is 5.70 Å². The Balaban J connectivity index is 2.52. The molecule has 1 aliphatic carbocycles. The van der Waals surface area contributed by atoms with E-state index in [1.165, 1.54) is 12.2 Å². The number of ketones is 1. The summed E-state index contributed by atoms with van der Waals surface area (Å²) in [6.45, 7) is 1.81. The van der Waals surface area contributed by atoms with Crippen molar-refractivity contribution in [2.75, 3.05) is 7.05 Å². The van der Waals surface area contributed by atoms with E-state index in [2.05, 4.69) is 4.99 Å². The molecule has 2 aliphatic rings. The molecule has 0 saturated heterocycles. The lowest BCUT2D eigenvalue weighted by molar-refractivity contribution is -0.117. The SMILES string of the molecule is CC1=NC2=C(O)C=CC(=O)C2N1C. The molecule has 0 aromatic heterocycles. The predicted octanol–water partition coefficient (Wildman–Crippen LogP) is 0.627. The summed E-state index contributed by atoms with van der Waals surface area (Å²) < 4.78 is 0. The Kier molecular flexibility index (Phi) is 1.52. The van der Waals surface area contributed by atoms with Crippen LogP contribution >= 0.6 is 0 Å². The van der Waals surface area contributed by atoms with Gasteiger partial charge in [-0.25, -0.2) is 4.99 Å². The van der Waals surface area contributed by atoms with Crippen LogP contribution in [0.3, 0.4) is 0 Å². The molecule has 1 heterocycles. The number of aliphatic hydroxyl groups is 1. The Morgan fingerprint density at radius 1 is 1.54 bits per heavy atom. The normalized spacial score (nSPS) is 26.6. The monoisotopic (exact) mass is 178 g/mol. The van der Waals surface area contributed by atoms with Crippen LogP contribution < -0.4 is 0 Å². The molecule has 1 unspecified atom stereocenters. The summed E-state index contributed by atoms with van der Waals surface area (Å²) >= 11 is 0. The van der Waals surface area contributed by atoms with Gasteiger partial charge in [0.2, 0.25) is 0 Å². The maximum absolute atomic E-state index is 11.4. The fourth-order valence-electron chi connectivity index (χ4n) is 1.55. The van der Waals surface area contributed by atoms with Gasteiger partial charge in [-0.05, 0) is 19.1 Å². The minimum Gasteiger partial charge on any atom is -0.506 e. The van der Waals surface area contributed by atoms with E-state index in [-0.39, 0.29) is 11.5 Å². The molecule has 4 heteroatoms. The van der Waals surface area contributed by atoms with Crippen molar-refractivity contribution in [1.82, 2.24) is 4.90 Å². The van der Waals surface area contributed by atoms with E-state index < -0.39 is 6.04 Å². The van der Waals surface area contributed by atoms with Gasteiger partial charge in [0.15, 0.2) is 5.78 Å². The molecular formula is C9H10N2O2. The van der Waals surface area contributed by atoms with Gasteiger partial charge in [0.1, 0.15) is 23.3 Å². The van der Waals surface area contributed by atoms with Crippen LogP contribution in [0.5, 0.6) is 0 Å². The van der Waals surface area contributed by atoms with Crippen LogP contribution in [0.2, 0.25) is 0 Å². The summed E-state index contributed by atoms with van der Waals surface area (Å²) in [7, 11) is 1.79. The second-order valence-corrected chi connectivity index (χ2v) is 3.18. The Bertz CT molecular complexity index is 366. The smallest absolute Gasteiger partial charge is 0.184 e. The van der Waals surface area contributed by atoms with Gasteiger partial charge in [-0.1, -0.05) is 0 Å². The molecule has 0 aromatic rings. The molecule has 0 bridgehead atoms. The zero-order valence-electron chi connectivity index (χ0n) is 7.48. The van der Waals surface area contributed by atoms with Crippen LogP contribution in [0.25, 0.3) is 0 Å². The number of aliphatic hydroxyl groups excluding tert-OH is 1. The van der Waals surface area contributed by atoms with Crippen LogP contribution in [-0.2, 0) is 4.79 Å². The highest BCUT2D eigenvalue weighted by Gasteiger charge is 2.35. The fraction of sp³-hybridized carbons (Fsp3) is 0.333. The highest BCUT2D eigenvalue weighted by Crippen LogP contribution is 2.26. The summed E-state index contributed by atoms with van der Waals surface area (Å²) in [5, 5.41) is 9.44. The zero-order chi connectivity index (χ0) is 9.59. The second-order valence-electron chi connectivity index (χ2n) is 3.18. The molecule has 0 spiro atoms. The molecule has 2 rings (SSSR count). The molecule has 0 radical (unpaired) electrons. The summed E-state index contributed by atoms with van der Waals surface area (Å²) in [5.41, 5.74) is 0.465. The minimum atomic E-state index is -0.412. The number of likely N-dealkylation sites (N-methyl/N-ethyl adjacent to an activating group) is 1. The molecule has 0 amide bonds. The number of aliphatic imine (C=N–C) groups is 1. The van der Waals surface area contributed by atoms with Gasteiger partial charge >= 0.3 is 0 Å². The molecule has 0 saturated carbocycles. The molecule has 0 fully saturated rings. The molecule has 1 N–H and O–H groups in total. The number of allylic oxidation sites excluding steroid dienone is 1. The number of hydrogen-bond donors (Lipinski definition) is 1. The van der Waals surface area contributed by atoms with Gasteiger partial charge in [0, 0.05) is 7.05 Å². The van der Waals surface area contributed by atoms with Crippen molar-refractivity contribution in [1.29, 1.82) is 0 Å². The first kappa shape index (κ1) is 8.04. The first-order valence-electron chi connectivity index (χ1n) is 4.04. The van der Waals surface area contributed by atoms with Gasteiger partial charge in [-0.3, -0.25) is 4.79 Å². The standard InChI is InChI=1S/C9H10N2O2/c1-5-10-8-6(12)3-4-7(13)9(8)11(5)2/h3-4,9,12H,1-2H3. The number of rotatable bonds is 0. The Morgan fingerprint density at radius 3 is 2.85 bits per heavy atom. The van der Waals surface area contributed by atoms with Gasteiger partial charge in [-0.15, -0.1) is 0 Å². The van der Waals surface area contributed by atoms with E-state index in [4.69, 9.17) is 0 Å². The van der Waals surface area contributed by atoms with E-state index in [1.807, 2.05) is 6.92 Å². The summed E-state index contributed by atoms with van der Waals surface area (Å²) in [6.07, 6.45) is 2.78. The number of carbonyl (C=O) groups is 1. The van der Waals surface area contributed by atoms with E-state index in [1.54, 1.807) is 11.9 Å². The molecular weight excluding hydrogens is 168 g/mol. The molecule has 4 nitrogen and oxygen atoms in total. The molecule has 0 aromatic carbocycles. The predicted molar refractivity (Wildman–Crippen MR) is 48.5 cm³/mol. The van der Waals surface area contributed by atoms with Gasteiger partial charge in [-0.2, -0.15) is 0 Å². The maximum atomic E-state index is 11.4. The van der Waals surface area contributed by atoms with E-state index in [0.717, 1.165) is 5.84 Å². The van der Waals surface area contributed by atoms with Crippen molar-refractivity contribution in [2.45, 2.75) is 13.0 Å². The fourth-order valence-corrected chi connectivity index (χ4v) is 1.55. The lowest BCUT2D eigenvalue weighted by atomic mass is 10.0.